The molecular formula is C16H28N2O3. The molecule has 1 saturated carbocycles. The van der Waals surface area contributed by atoms with Crippen molar-refractivity contribution < 1.29 is 14.3 Å². The summed E-state index contributed by atoms with van der Waals surface area (Å²) in [5.41, 5.74) is -0.779. The minimum absolute atomic E-state index is 0.0123. The minimum Gasteiger partial charge on any atom is -0.379 e. The number of carbonyl (C=O) groups excluding carboxylic acids is 2. The second-order valence-corrected chi connectivity index (χ2v) is 6.88. The Morgan fingerprint density at radius 1 is 1.38 bits per heavy atom. The van der Waals surface area contributed by atoms with Gasteiger partial charge in [-0.3, -0.25) is 9.59 Å². The predicted octanol–water partition coefficient (Wildman–Crippen LogP) is 1.56. The summed E-state index contributed by atoms with van der Waals surface area (Å²) in [7, 11) is 0. The first kappa shape index (κ1) is 16.3. The van der Waals surface area contributed by atoms with E-state index < -0.39 is 5.54 Å². The fourth-order valence-corrected chi connectivity index (χ4v) is 2.82. The van der Waals surface area contributed by atoms with Gasteiger partial charge in [-0.1, -0.05) is 20.8 Å². The monoisotopic (exact) mass is 296 g/mol. The van der Waals surface area contributed by atoms with Crippen molar-refractivity contribution in [1.29, 1.82) is 0 Å². The van der Waals surface area contributed by atoms with Crippen LogP contribution in [0.25, 0.3) is 0 Å². The Bertz CT molecular complexity index is 406. The Morgan fingerprint density at radius 2 is 2.05 bits per heavy atom. The quantitative estimate of drug-likeness (QED) is 0.725. The van der Waals surface area contributed by atoms with Crippen LogP contribution in [0.15, 0.2) is 0 Å². The third kappa shape index (κ3) is 3.57. The van der Waals surface area contributed by atoms with E-state index >= 15 is 0 Å². The molecule has 0 bridgehead atoms. The molecule has 1 aliphatic heterocycles. The van der Waals surface area contributed by atoms with E-state index in [-0.39, 0.29) is 23.8 Å². The van der Waals surface area contributed by atoms with Crippen LogP contribution >= 0.6 is 0 Å². The fraction of sp³-hybridized carbons (Fsp3) is 0.875. The summed E-state index contributed by atoms with van der Waals surface area (Å²) in [6.07, 6.45) is 3.11. The van der Waals surface area contributed by atoms with Gasteiger partial charge in [0.1, 0.15) is 11.6 Å². The average molecular weight is 296 g/mol. The van der Waals surface area contributed by atoms with E-state index in [4.69, 9.17) is 4.74 Å². The maximum absolute atomic E-state index is 12.7. The van der Waals surface area contributed by atoms with Crippen LogP contribution in [0.3, 0.4) is 0 Å². The van der Waals surface area contributed by atoms with Crippen molar-refractivity contribution in [3.63, 3.8) is 0 Å². The molecule has 2 fully saturated rings. The lowest BCUT2D eigenvalue weighted by Crippen LogP contribution is -2.70. The highest BCUT2D eigenvalue weighted by Crippen LogP contribution is 2.29. The summed E-state index contributed by atoms with van der Waals surface area (Å²) < 4.78 is 5.65. The molecule has 0 spiro atoms. The van der Waals surface area contributed by atoms with Crippen molar-refractivity contribution in [2.75, 3.05) is 19.8 Å². The molecule has 1 heterocycles. The van der Waals surface area contributed by atoms with Gasteiger partial charge in [0, 0.05) is 13.2 Å². The van der Waals surface area contributed by atoms with Crippen LogP contribution in [0.2, 0.25) is 0 Å². The van der Waals surface area contributed by atoms with E-state index in [9.17, 15) is 9.59 Å². The summed E-state index contributed by atoms with van der Waals surface area (Å²) in [4.78, 5) is 26.8. The Balaban J connectivity index is 2.02. The Hall–Kier alpha value is -1.10. The summed E-state index contributed by atoms with van der Waals surface area (Å²) in [6.45, 7) is 9.48. The number of hydrogen-bond donors (Lipinski definition) is 1. The van der Waals surface area contributed by atoms with E-state index in [0.717, 1.165) is 6.61 Å². The van der Waals surface area contributed by atoms with E-state index in [0.29, 0.717) is 25.5 Å². The molecule has 2 rings (SSSR count). The lowest BCUT2D eigenvalue weighted by atomic mass is 9.88. The van der Waals surface area contributed by atoms with Gasteiger partial charge in [0.25, 0.3) is 0 Å². The van der Waals surface area contributed by atoms with Gasteiger partial charge in [-0.05, 0) is 38.0 Å². The first-order chi connectivity index (χ1) is 9.89. The van der Waals surface area contributed by atoms with Gasteiger partial charge in [0.2, 0.25) is 11.8 Å². The molecule has 21 heavy (non-hydrogen) atoms. The zero-order valence-corrected chi connectivity index (χ0v) is 13.6. The van der Waals surface area contributed by atoms with E-state index in [1.165, 1.54) is 12.8 Å². The highest BCUT2D eigenvalue weighted by molar-refractivity contribution is 5.99. The van der Waals surface area contributed by atoms with Crippen LogP contribution in [0.5, 0.6) is 0 Å². The van der Waals surface area contributed by atoms with E-state index in [1.807, 2.05) is 27.7 Å². The second-order valence-electron chi connectivity index (χ2n) is 6.88. The van der Waals surface area contributed by atoms with Gasteiger partial charge in [-0.2, -0.15) is 0 Å². The number of piperazine rings is 1. The van der Waals surface area contributed by atoms with Gasteiger partial charge in [0.05, 0.1) is 6.61 Å². The molecule has 0 aromatic heterocycles. The van der Waals surface area contributed by atoms with Crippen molar-refractivity contribution in [2.45, 2.75) is 58.5 Å². The smallest absolute Gasteiger partial charge is 0.248 e. The molecule has 2 atom stereocenters. The van der Waals surface area contributed by atoms with Crippen LogP contribution in [-0.4, -0.2) is 48.1 Å². The van der Waals surface area contributed by atoms with Crippen molar-refractivity contribution in [1.82, 2.24) is 10.2 Å². The van der Waals surface area contributed by atoms with Crippen molar-refractivity contribution in [3.05, 3.63) is 0 Å². The third-order valence-corrected chi connectivity index (χ3v) is 4.60. The predicted molar refractivity (Wildman–Crippen MR) is 80.7 cm³/mol. The second kappa shape index (κ2) is 6.34. The fourth-order valence-electron chi connectivity index (χ4n) is 2.82. The average Bonchev–Trinajstić information content (AvgIpc) is 3.23. The van der Waals surface area contributed by atoms with Gasteiger partial charge >= 0.3 is 0 Å². The molecule has 1 saturated heterocycles. The molecule has 2 amide bonds. The molecule has 2 aliphatic rings. The molecule has 0 aromatic carbocycles. The maximum atomic E-state index is 12.7. The molecular weight excluding hydrogens is 268 g/mol. The Morgan fingerprint density at radius 3 is 2.57 bits per heavy atom. The van der Waals surface area contributed by atoms with Gasteiger partial charge in [0.15, 0.2) is 0 Å². The SMILES string of the molecule is CCC1(C)NC(=O)C(C(C)C)N(CCOCC2CC2)C1=O. The Kier molecular flexibility index (Phi) is 4.91. The van der Waals surface area contributed by atoms with E-state index in [1.54, 1.807) is 4.90 Å². The molecule has 1 aliphatic carbocycles. The molecule has 5 nitrogen and oxygen atoms in total. The lowest BCUT2D eigenvalue weighted by molar-refractivity contribution is -0.157. The van der Waals surface area contributed by atoms with Crippen molar-refractivity contribution >= 4 is 11.8 Å². The topological polar surface area (TPSA) is 58.6 Å². The molecule has 0 aromatic rings. The Labute approximate surface area is 127 Å². The molecule has 1 N–H and O–H groups in total. The first-order valence-electron chi connectivity index (χ1n) is 8.10. The van der Waals surface area contributed by atoms with Crippen molar-refractivity contribution in [3.8, 4) is 0 Å². The maximum Gasteiger partial charge on any atom is 0.248 e. The van der Waals surface area contributed by atoms with Gasteiger partial charge in [-0.15, -0.1) is 0 Å². The zero-order valence-electron chi connectivity index (χ0n) is 13.6. The number of ether oxygens (including phenoxy) is 1. The highest BCUT2D eigenvalue weighted by Gasteiger charge is 2.47. The number of carbonyl (C=O) groups is 2. The molecule has 5 heteroatoms. The van der Waals surface area contributed by atoms with Crippen LogP contribution in [-0.2, 0) is 14.3 Å². The molecule has 0 radical (unpaired) electrons. The number of rotatable bonds is 7. The van der Waals surface area contributed by atoms with E-state index in [2.05, 4.69) is 5.32 Å². The summed E-state index contributed by atoms with van der Waals surface area (Å²) in [5, 5.41) is 2.90. The number of amides is 2. The summed E-state index contributed by atoms with van der Waals surface area (Å²) in [5.74, 6) is 0.778. The highest BCUT2D eigenvalue weighted by atomic mass is 16.5. The molecule has 120 valence electrons. The lowest BCUT2D eigenvalue weighted by Gasteiger charge is -2.45. The van der Waals surface area contributed by atoms with Crippen LogP contribution in [0.1, 0.15) is 47.0 Å². The zero-order chi connectivity index (χ0) is 15.6. The minimum atomic E-state index is -0.779. The standard InChI is InChI=1S/C16H28N2O3/c1-5-16(4)15(20)18(8-9-21-10-12-6-7-12)13(11(2)3)14(19)17-16/h11-13H,5-10H2,1-4H3,(H,17,19). The van der Waals surface area contributed by atoms with Gasteiger partial charge < -0.3 is 15.0 Å². The van der Waals surface area contributed by atoms with Crippen LogP contribution < -0.4 is 5.32 Å². The summed E-state index contributed by atoms with van der Waals surface area (Å²) >= 11 is 0. The number of nitrogens with one attached hydrogen (secondary N) is 1. The van der Waals surface area contributed by atoms with Crippen LogP contribution in [0.4, 0.5) is 0 Å². The normalized spacial score (nSPS) is 30.0. The molecule has 2 unspecified atom stereocenters. The van der Waals surface area contributed by atoms with Gasteiger partial charge in [-0.25, -0.2) is 0 Å². The van der Waals surface area contributed by atoms with Crippen molar-refractivity contribution in [2.24, 2.45) is 11.8 Å². The largest absolute Gasteiger partial charge is 0.379 e. The number of hydrogen-bond acceptors (Lipinski definition) is 3. The number of nitrogens with zero attached hydrogens (tertiary/aromatic N) is 1. The third-order valence-electron chi connectivity index (χ3n) is 4.60. The van der Waals surface area contributed by atoms with Crippen LogP contribution in [0, 0.1) is 11.8 Å². The summed E-state index contributed by atoms with van der Waals surface area (Å²) in [6, 6.07) is -0.387. The first-order valence-corrected chi connectivity index (χ1v) is 8.10.